The van der Waals surface area contributed by atoms with Gasteiger partial charge < -0.3 is 9.47 Å². The van der Waals surface area contributed by atoms with E-state index in [0.717, 1.165) is 17.8 Å². The van der Waals surface area contributed by atoms with Gasteiger partial charge in [-0.2, -0.15) is 13.2 Å². The lowest BCUT2D eigenvalue weighted by Crippen LogP contribution is -2.37. The molecule has 2 aliphatic heterocycles. The van der Waals surface area contributed by atoms with Crippen molar-refractivity contribution < 1.29 is 27.4 Å². The number of ketones is 1. The van der Waals surface area contributed by atoms with E-state index < -0.39 is 18.2 Å². The van der Waals surface area contributed by atoms with Crippen molar-refractivity contribution in [3.05, 3.63) is 29.3 Å². The average Bonchev–Trinajstić information content (AvgIpc) is 3.23. The molecule has 5 nitrogen and oxygen atoms in total. The van der Waals surface area contributed by atoms with Crippen LogP contribution in [0, 0.1) is 0 Å². The number of hydrogen-bond acceptors (Lipinski definition) is 7. The zero-order chi connectivity index (χ0) is 17.6. The normalized spacial score (nSPS) is 26.2. The van der Waals surface area contributed by atoms with Crippen molar-refractivity contribution in [2.24, 2.45) is 0 Å². The summed E-state index contributed by atoms with van der Waals surface area (Å²) in [7, 11) is 0. The molecule has 0 aromatic carbocycles. The Morgan fingerprint density at radius 3 is 2.88 bits per heavy atom. The number of nitrogens with zero attached hydrogens (tertiary/aromatic N) is 2. The molecule has 25 heavy (non-hydrogen) atoms. The van der Waals surface area contributed by atoms with Crippen LogP contribution in [0.2, 0.25) is 0 Å². The maximum atomic E-state index is 13.2. The molecule has 2 bridgehead atoms. The summed E-state index contributed by atoms with van der Waals surface area (Å²) in [6.07, 6.45) is -5.61. The Hall–Kier alpha value is -1.49. The van der Waals surface area contributed by atoms with E-state index in [1.54, 1.807) is 17.5 Å². The van der Waals surface area contributed by atoms with Crippen LogP contribution in [-0.2, 0) is 20.4 Å². The molecule has 2 aromatic heterocycles. The van der Waals surface area contributed by atoms with E-state index in [1.165, 1.54) is 11.3 Å². The third-order valence-corrected chi connectivity index (χ3v) is 5.88. The molecule has 4 heterocycles. The minimum atomic E-state index is -4.58. The van der Waals surface area contributed by atoms with Crippen molar-refractivity contribution >= 4 is 28.9 Å². The first kappa shape index (κ1) is 17.0. The van der Waals surface area contributed by atoms with Gasteiger partial charge in [0.05, 0.1) is 23.3 Å². The molecule has 2 fully saturated rings. The van der Waals surface area contributed by atoms with Crippen molar-refractivity contribution in [2.45, 2.75) is 35.4 Å². The summed E-state index contributed by atoms with van der Waals surface area (Å²) in [5.41, 5.74) is -0.791. The second-order valence-corrected chi connectivity index (χ2v) is 7.72. The lowest BCUT2D eigenvalue weighted by molar-refractivity contribution is -0.151. The molecule has 0 saturated carbocycles. The quantitative estimate of drug-likeness (QED) is 0.751. The standard InChI is InChI=1S/C15H11F3N2O3S2/c16-15(17,18)12-4-7(10-2-1-3-24-10)19-14(20-12)25-11-5-8(21)13-22-6-9(11)23-13/h1-4,9,11,13H,5-6H2/t9-,11-,13-/m1/s1. The Bertz CT molecular complexity index is 798. The first-order chi connectivity index (χ1) is 11.9. The van der Waals surface area contributed by atoms with E-state index in [0.29, 0.717) is 4.88 Å². The van der Waals surface area contributed by atoms with Crippen LogP contribution in [0.25, 0.3) is 10.6 Å². The fourth-order valence-corrected chi connectivity index (χ4v) is 4.44. The van der Waals surface area contributed by atoms with Crippen LogP contribution in [0.5, 0.6) is 0 Å². The molecule has 3 atom stereocenters. The second-order valence-electron chi connectivity index (χ2n) is 5.56. The minimum Gasteiger partial charge on any atom is -0.343 e. The fraction of sp³-hybridized carbons (Fsp3) is 0.400. The van der Waals surface area contributed by atoms with Crippen LogP contribution in [0.1, 0.15) is 12.1 Å². The van der Waals surface area contributed by atoms with Gasteiger partial charge in [0, 0.05) is 11.7 Å². The smallest absolute Gasteiger partial charge is 0.343 e. The van der Waals surface area contributed by atoms with Gasteiger partial charge >= 0.3 is 6.18 Å². The summed E-state index contributed by atoms with van der Waals surface area (Å²) in [5, 5.41) is 1.37. The third-order valence-electron chi connectivity index (χ3n) is 3.82. The monoisotopic (exact) mass is 388 g/mol. The SMILES string of the molecule is O=C1C[C@@H](Sc2nc(-c3cccs3)cc(C(F)(F)F)n2)[C@H]2CO[C@@H]1O2. The van der Waals surface area contributed by atoms with Gasteiger partial charge in [0.1, 0.15) is 5.69 Å². The Morgan fingerprint density at radius 1 is 1.32 bits per heavy atom. The summed E-state index contributed by atoms with van der Waals surface area (Å²) in [4.78, 5) is 20.4. The molecular weight excluding hydrogens is 377 g/mol. The molecule has 2 aromatic rings. The van der Waals surface area contributed by atoms with Crippen LogP contribution in [0.15, 0.2) is 28.7 Å². The predicted octanol–water partition coefficient (Wildman–Crippen LogP) is 3.40. The van der Waals surface area contributed by atoms with E-state index in [4.69, 9.17) is 9.47 Å². The zero-order valence-corrected chi connectivity index (χ0v) is 14.2. The molecule has 4 rings (SSSR count). The molecule has 0 radical (unpaired) electrons. The zero-order valence-electron chi connectivity index (χ0n) is 12.5. The van der Waals surface area contributed by atoms with Crippen LogP contribution in [-0.4, -0.2) is 40.0 Å². The molecule has 0 N–H and O–H groups in total. The Kier molecular flexibility index (Phi) is 4.30. The summed E-state index contributed by atoms with van der Waals surface area (Å²) in [5.74, 6) is -0.211. The Morgan fingerprint density at radius 2 is 2.16 bits per heavy atom. The van der Waals surface area contributed by atoms with Gasteiger partial charge in [0.25, 0.3) is 0 Å². The number of rotatable bonds is 3. The van der Waals surface area contributed by atoms with Crippen LogP contribution in [0.3, 0.4) is 0 Å². The molecule has 132 valence electrons. The van der Waals surface area contributed by atoms with E-state index in [-0.39, 0.29) is 41.0 Å². The van der Waals surface area contributed by atoms with Gasteiger partial charge in [-0.15, -0.1) is 11.3 Å². The van der Waals surface area contributed by atoms with Crippen LogP contribution >= 0.6 is 23.1 Å². The number of thiophene rings is 1. The van der Waals surface area contributed by atoms with Gasteiger partial charge in [-0.1, -0.05) is 17.8 Å². The first-order valence-corrected chi connectivity index (χ1v) is 9.12. The lowest BCUT2D eigenvalue weighted by Gasteiger charge is -2.25. The molecule has 2 aliphatic rings. The molecule has 10 heteroatoms. The molecule has 0 aliphatic carbocycles. The van der Waals surface area contributed by atoms with Gasteiger partial charge in [-0.05, 0) is 17.5 Å². The molecular formula is C15H11F3N2O3S2. The number of fused-ring (bicyclic) bond motifs is 2. The molecule has 0 spiro atoms. The largest absolute Gasteiger partial charge is 0.433 e. The van der Waals surface area contributed by atoms with Crippen LogP contribution < -0.4 is 0 Å². The first-order valence-electron chi connectivity index (χ1n) is 7.37. The topological polar surface area (TPSA) is 61.3 Å². The average molecular weight is 388 g/mol. The summed E-state index contributed by atoms with van der Waals surface area (Å²) < 4.78 is 50.2. The molecule has 2 saturated heterocycles. The van der Waals surface area contributed by atoms with E-state index in [9.17, 15) is 18.0 Å². The Balaban J connectivity index is 1.66. The highest BCUT2D eigenvalue weighted by atomic mass is 32.2. The Labute approximate surface area is 148 Å². The van der Waals surface area contributed by atoms with Gasteiger partial charge in [-0.25, -0.2) is 9.97 Å². The second kappa shape index (κ2) is 6.35. The van der Waals surface area contributed by atoms with Gasteiger partial charge in [-0.3, -0.25) is 4.79 Å². The fourth-order valence-electron chi connectivity index (χ4n) is 2.64. The number of carbonyl (C=O) groups is 1. The minimum absolute atomic E-state index is 0.0232. The highest BCUT2D eigenvalue weighted by Crippen LogP contribution is 2.38. The van der Waals surface area contributed by atoms with Gasteiger partial charge in [0.2, 0.25) is 6.29 Å². The van der Waals surface area contributed by atoms with Crippen molar-refractivity contribution in [3.63, 3.8) is 0 Å². The maximum absolute atomic E-state index is 13.2. The predicted molar refractivity (Wildman–Crippen MR) is 84.2 cm³/mol. The van der Waals surface area contributed by atoms with E-state index in [2.05, 4.69) is 9.97 Å². The maximum Gasteiger partial charge on any atom is 0.433 e. The van der Waals surface area contributed by atoms with Crippen LogP contribution in [0.4, 0.5) is 13.2 Å². The van der Waals surface area contributed by atoms with Gasteiger partial charge in [0.15, 0.2) is 10.9 Å². The van der Waals surface area contributed by atoms with E-state index >= 15 is 0 Å². The van der Waals surface area contributed by atoms with Crippen molar-refractivity contribution in [3.8, 4) is 10.6 Å². The summed E-state index contributed by atoms with van der Waals surface area (Å²) in [6, 6.07) is 4.38. The highest BCUT2D eigenvalue weighted by molar-refractivity contribution is 7.99. The molecule has 0 unspecified atom stereocenters. The number of Topliss-reactive ketones (excluding diaryl/α,β-unsaturated/α-hetero) is 1. The highest BCUT2D eigenvalue weighted by Gasteiger charge is 2.44. The number of carbonyl (C=O) groups excluding carboxylic acids is 1. The number of alkyl halides is 3. The molecule has 0 amide bonds. The number of thioether (sulfide) groups is 1. The van der Waals surface area contributed by atoms with Crippen molar-refractivity contribution in [2.75, 3.05) is 6.61 Å². The number of aromatic nitrogens is 2. The van der Waals surface area contributed by atoms with E-state index in [1.807, 2.05) is 0 Å². The lowest BCUT2D eigenvalue weighted by atomic mass is 10.1. The summed E-state index contributed by atoms with van der Waals surface area (Å²) >= 11 is 2.32. The van der Waals surface area contributed by atoms with Crippen molar-refractivity contribution in [1.82, 2.24) is 9.97 Å². The van der Waals surface area contributed by atoms with Crippen molar-refractivity contribution in [1.29, 1.82) is 0 Å². The third kappa shape index (κ3) is 3.43. The number of ether oxygens (including phenoxy) is 2. The number of halogens is 3. The summed E-state index contributed by atoms with van der Waals surface area (Å²) in [6.45, 7) is 0.241. The number of hydrogen-bond donors (Lipinski definition) is 0.